The van der Waals surface area contributed by atoms with Crippen molar-refractivity contribution in [1.82, 2.24) is 15.3 Å². The molecule has 0 aliphatic rings. The first-order valence-corrected chi connectivity index (χ1v) is 5.66. The summed E-state index contributed by atoms with van der Waals surface area (Å²) in [6.45, 7) is 1.77. The highest BCUT2D eigenvalue weighted by atomic mass is 19.1. The minimum absolute atomic E-state index is 0.0634. The molecular formula is C13H13FN4O. The Hall–Kier alpha value is -2.50. The van der Waals surface area contributed by atoms with Gasteiger partial charge < -0.3 is 11.1 Å². The number of hydrogen-bond acceptors (Lipinski definition) is 4. The lowest BCUT2D eigenvalue weighted by Gasteiger charge is -2.08. The second kappa shape index (κ2) is 5.43. The smallest absolute Gasteiger partial charge is 0.254 e. The van der Waals surface area contributed by atoms with E-state index in [-0.39, 0.29) is 12.1 Å². The summed E-state index contributed by atoms with van der Waals surface area (Å²) >= 11 is 0. The standard InChI is InChI=1S/C13H13FN4O/c1-8-4-9(15)5-11(12(8)14)13(19)17-6-10-2-3-16-7-18-10/h2-5,7H,6,15H2,1H3,(H,17,19). The van der Waals surface area contributed by atoms with Crippen molar-refractivity contribution in [3.63, 3.8) is 0 Å². The van der Waals surface area contributed by atoms with E-state index in [1.54, 1.807) is 19.2 Å². The fourth-order valence-corrected chi connectivity index (χ4v) is 1.65. The number of anilines is 1. The molecule has 5 nitrogen and oxygen atoms in total. The largest absolute Gasteiger partial charge is 0.399 e. The van der Waals surface area contributed by atoms with Crippen LogP contribution in [0.15, 0.2) is 30.7 Å². The van der Waals surface area contributed by atoms with Gasteiger partial charge in [0.25, 0.3) is 5.91 Å². The Labute approximate surface area is 109 Å². The van der Waals surface area contributed by atoms with Crippen molar-refractivity contribution in [2.24, 2.45) is 0 Å². The number of amides is 1. The number of nitrogen functional groups attached to an aromatic ring is 1. The Morgan fingerprint density at radius 3 is 2.95 bits per heavy atom. The van der Waals surface area contributed by atoms with E-state index in [1.165, 1.54) is 18.5 Å². The second-order valence-corrected chi connectivity index (χ2v) is 4.08. The molecule has 1 aromatic carbocycles. The number of carbonyl (C=O) groups is 1. The van der Waals surface area contributed by atoms with Gasteiger partial charge in [0, 0.05) is 11.9 Å². The van der Waals surface area contributed by atoms with Crippen LogP contribution in [0.3, 0.4) is 0 Å². The summed E-state index contributed by atoms with van der Waals surface area (Å²) in [5.74, 6) is -1.08. The summed E-state index contributed by atoms with van der Waals surface area (Å²) in [5, 5.41) is 2.59. The van der Waals surface area contributed by atoms with Gasteiger partial charge in [-0.1, -0.05) is 0 Å². The average molecular weight is 260 g/mol. The lowest BCUT2D eigenvalue weighted by atomic mass is 10.1. The summed E-state index contributed by atoms with van der Waals surface area (Å²) in [7, 11) is 0. The van der Waals surface area contributed by atoms with Crippen molar-refractivity contribution in [1.29, 1.82) is 0 Å². The van der Waals surface area contributed by atoms with E-state index in [2.05, 4.69) is 15.3 Å². The Morgan fingerprint density at radius 1 is 1.47 bits per heavy atom. The fourth-order valence-electron chi connectivity index (χ4n) is 1.65. The van der Waals surface area contributed by atoms with E-state index in [0.29, 0.717) is 16.9 Å². The third-order valence-electron chi connectivity index (χ3n) is 2.59. The number of nitrogens with zero attached hydrogens (tertiary/aromatic N) is 2. The number of aromatic nitrogens is 2. The quantitative estimate of drug-likeness (QED) is 0.818. The molecule has 0 fully saturated rings. The summed E-state index contributed by atoms with van der Waals surface area (Å²) in [6.07, 6.45) is 2.95. The van der Waals surface area contributed by atoms with E-state index in [9.17, 15) is 9.18 Å². The molecule has 0 spiro atoms. The molecule has 0 aliphatic carbocycles. The Bertz CT molecular complexity index is 601. The van der Waals surface area contributed by atoms with E-state index in [4.69, 9.17) is 5.73 Å². The SMILES string of the molecule is Cc1cc(N)cc(C(=O)NCc2ccncn2)c1F. The van der Waals surface area contributed by atoms with Gasteiger partial charge in [-0.2, -0.15) is 0 Å². The van der Waals surface area contributed by atoms with Crippen molar-refractivity contribution in [2.75, 3.05) is 5.73 Å². The summed E-state index contributed by atoms with van der Waals surface area (Å²) in [6, 6.07) is 4.47. The van der Waals surface area contributed by atoms with Crippen LogP contribution in [-0.4, -0.2) is 15.9 Å². The highest BCUT2D eigenvalue weighted by Gasteiger charge is 2.14. The maximum absolute atomic E-state index is 13.8. The molecule has 3 N–H and O–H groups in total. The van der Waals surface area contributed by atoms with Gasteiger partial charge in [-0.15, -0.1) is 0 Å². The maximum Gasteiger partial charge on any atom is 0.254 e. The third-order valence-corrected chi connectivity index (χ3v) is 2.59. The number of hydrogen-bond donors (Lipinski definition) is 2. The van der Waals surface area contributed by atoms with Gasteiger partial charge in [-0.05, 0) is 30.7 Å². The molecule has 2 rings (SSSR count). The Balaban J connectivity index is 2.13. The molecule has 6 heteroatoms. The van der Waals surface area contributed by atoms with Crippen molar-refractivity contribution in [2.45, 2.75) is 13.5 Å². The van der Waals surface area contributed by atoms with Crippen molar-refractivity contribution in [3.8, 4) is 0 Å². The van der Waals surface area contributed by atoms with Gasteiger partial charge in [0.05, 0.1) is 17.8 Å². The molecule has 2 aromatic rings. The zero-order valence-corrected chi connectivity index (χ0v) is 10.4. The van der Waals surface area contributed by atoms with Gasteiger partial charge >= 0.3 is 0 Å². The predicted molar refractivity (Wildman–Crippen MR) is 68.8 cm³/mol. The monoisotopic (exact) mass is 260 g/mol. The number of rotatable bonds is 3. The van der Waals surface area contributed by atoms with Gasteiger partial charge in [0.1, 0.15) is 12.1 Å². The Kier molecular flexibility index (Phi) is 3.70. The number of aryl methyl sites for hydroxylation is 1. The van der Waals surface area contributed by atoms with Crippen LogP contribution in [0.2, 0.25) is 0 Å². The third kappa shape index (κ3) is 3.04. The molecule has 1 heterocycles. The van der Waals surface area contributed by atoms with Gasteiger partial charge in [-0.3, -0.25) is 4.79 Å². The first-order valence-electron chi connectivity index (χ1n) is 5.66. The van der Waals surface area contributed by atoms with Crippen LogP contribution in [0.1, 0.15) is 21.6 Å². The van der Waals surface area contributed by atoms with Crippen LogP contribution in [0.5, 0.6) is 0 Å². The normalized spacial score (nSPS) is 10.2. The van der Waals surface area contributed by atoms with Crippen LogP contribution in [0, 0.1) is 12.7 Å². The number of carbonyl (C=O) groups excluding carboxylic acids is 1. The zero-order valence-electron chi connectivity index (χ0n) is 10.4. The molecule has 0 bridgehead atoms. The number of nitrogens with one attached hydrogen (secondary N) is 1. The average Bonchev–Trinajstić information content (AvgIpc) is 2.41. The topological polar surface area (TPSA) is 80.9 Å². The van der Waals surface area contributed by atoms with Crippen molar-refractivity contribution < 1.29 is 9.18 Å². The minimum atomic E-state index is -0.561. The molecule has 0 saturated heterocycles. The van der Waals surface area contributed by atoms with Gasteiger partial charge in [-0.25, -0.2) is 14.4 Å². The minimum Gasteiger partial charge on any atom is -0.399 e. The fraction of sp³-hybridized carbons (Fsp3) is 0.154. The lowest BCUT2D eigenvalue weighted by Crippen LogP contribution is -2.24. The van der Waals surface area contributed by atoms with Crippen molar-refractivity contribution in [3.05, 3.63) is 53.4 Å². The van der Waals surface area contributed by atoms with Crippen LogP contribution in [-0.2, 0) is 6.54 Å². The van der Waals surface area contributed by atoms with Crippen LogP contribution >= 0.6 is 0 Å². The molecule has 19 heavy (non-hydrogen) atoms. The molecule has 0 aliphatic heterocycles. The predicted octanol–water partition coefficient (Wildman–Crippen LogP) is 1.44. The number of halogens is 1. The number of benzene rings is 1. The molecule has 0 saturated carbocycles. The lowest BCUT2D eigenvalue weighted by molar-refractivity contribution is 0.0946. The number of nitrogens with two attached hydrogens (primary N) is 1. The van der Waals surface area contributed by atoms with Crippen LogP contribution < -0.4 is 11.1 Å². The van der Waals surface area contributed by atoms with Crippen molar-refractivity contribution >= 4 is 11.6 Å². The molecule has 0 unspecified atom stereocenters. The van der Waals surface area contributed by atoms with E-state index >= 15 is 0 Å². The van der Waals surface area contributed by atoms with Gasteiger partial charge in [0.15, 0.2) is 0 Å². The molecular weight excluding hydrogens is 247 g/mol. The maximum atomic E-state index is 13.8. The Morgan fingerprint density at radius 2 is 2.26 bits per heavy atom. The summed E-state index contributed by atoms with van der Waals surface area (Å²) in [5.41, 5.74) is 6.88. The van der Waals surface area contributed by atoms with Crippen LogP contribution in [0.4, 0.5) is 10.1 Å². The summed E-state index contributed by atoms with van der Waals surface area (Å²) in [4.78, 5) is 19.6. The van der Waals surface area contributed by atoms with Crippen LogP contribution in [0.25, 0.3) is 0 Å². The molecule has 1 aromatic heterocycles. The molecule has 0 atom stereocenters. The second-order valence-electron chi connectivity index (χ2n) is 4.08. The van der Waals surface area contributed by atoms with Gasteiger partial charge in [0.2, 0.25) is 0 Å². The first-order chi connectivity index (χ1) is 9.08. The van der Waals surface area contributed by atoms with E-state index in [0.717, 1.165) is 0 Å². The van der Waals surface area contributed by atoms with E-state index < -0.39 is 11.7 Å². The summed E-state index contributed by atoms with van der Waals surface area (Å²) < 4.78 is 13.8. The molecule has 1 amide bonds. The van der Waals surface area contributed by atoms with E-state index in [1.807, 2.05) is 0 Å². The highest BCUT2D eigenvalue weighted by Crippen LogP contribution is 2.17. The molecule has 98 valence electrons. The highest BCUT2D eigenvalue weighted by molar-refractivity contribution is 5.95. The molecule has 0 radical (unpaired) electrons. The first kappa shape index (κ1) is 12.9. The zero-order chi connectivity index (χ0) is 13.8.